The largest absolute Gasteiger partial charge is 0.462 e. The fraction of sp³-hybridized carbons (Fsp3) is 0.946. The molecular weight excluding hydrogens is 769 g/mol. The lowest BCUT2D eigenvalue weighted by atomic mass is 9.99. The molecule has 0 aromatic heterocycles. The second-order valence-electron chi connectivity index (χ2n) is 20.4. The summed E-state index contributed by atoms with van der Waals surface area (Å²) in [6.07, 6.45) is 48.1. The summed E-state index contributed by atoms with van der Waals surface area (Å²) in [7, 11) is 0. The Morgan fingerprint density at radius 2 is 0.565 bits per heavy atom. The molecule has 0 aliphatic rings. The average Bonchev–Trinajstić information content (AvgIpc) is 3.24. The molecule has 0 rings (SSSR count). The lowest BCUT2D eigenvalue weighted by Crippen LogP contribution is -2.30. The van der Waals surface area contributed by atoms with E-state index >= 15 is 0 Å². The second-order valence-corrected chi connectivity index (χ2v) is 20.4. The van der Waals surface area contributed by atoms with Crippen molar-refractivity contribution >= 4 is 17.9 Å². The van der Waals surface area contributed by atoms with Gasteiger partial charge in [0.2, 0.25) is 0 Å². The van der Waals surface area contributed by atoms with Crippen LogP contribution in [0.1, 0.15) is 305 Å². The van der Waals surface area contributed by atoms with Gasteiger partial charge in [-0.2, -0.15) is 0 Å². The number of carbonyl (C=O) groups is 3. The van der Waals surface area contributed by atoms with Gasteiger partial charge in [-0.05, 0) is 37.0 Å². The topological polar surface area (TPSA) is 78.9 Å². The Balaban J connectivity index is 4.21. The van der Waals surface area contributed by atoms with E-state index in [1.807, 2.05) is 0 Å². The molecule has 0 aromatic carbocycles. The Labute approximate surface area is 387 Å². The molecule has 0 aromatic rings. The fourth-order valence-electron chi connectivity index (χ4n) is 8.44. The summed E-state index contributed by atoms with van der Waals surface area (Å²) < 4.78 is 16.8. The molecular formula is C56H108O6. The summed E-state index contributed by atoms with van der Waals surface area (Å²) in [6, 6.07) is 0. The molecule has 0 N–H and O–H groups in total. The average molecular weight is 877 g/mol. The molecule has 6 heteroatoms. The van der Waals surface area contributed by atoms with Crippen LogP contribution in [0.5, 0.6) is 0 Å². The standard InChI is InChI=1S/C56H108O6/c1-7-52(6)44-38-32-26-21-23-28-34-40-46-55(58)61-49-53(62-56(59)47-41-35-29-22-20-25-31-37-43-51(4)5)48-60-54(57)45-39-33-27-19-17-15-13-11-9-8-10-12-14-16-18-24-30-36-42-50(2)3/h50-53H,7-49H2,1-6H3/t52?,53-/m1/s1. The molecule has 0 aliphatic heterocycles. The maximum atomic E-state index is 12.8. The van der Waals surface area contributed by atoms with Gasteiger partial charge in [-0.15, -0.1) is 0 Å². The number of hydrogen-bond acceptors (Lipinski definition) is 6. The van der Waals surface area contributed by atoms with E-state index in [4.69, 9.17) is 14.2 Å². The van der Waals surface area contributed by atoms with Gasteiger partial charge >= 0.3 is 17.9 Å². The normalized spacial score (nSPS) is 12.6. The third-order valence-corrected chi connectivity index (χ3v) is 13.0. The Morgan fingerprint density at radius 3 is 0.839 bits per heavy atom. The fourth-order valence-corrected chi connectivity index (χ4v) is 8.44. The Morgan fingerprint density at radius 1 is 0.323 bits per heavy atom. The number of carbonyl (C=O) groups excluding carboxylic acids is 3. The van der Waals surface area contributed by atoms with Crippen LogP contribution in [0, 0.1) is 17.8 Å². The van der Waals surface area contributed by atoms with E-state index in [0.29, 0.717) is 19.3 Å². The Bertz CT molecular complexity index is 962. The van der Waals surface area contributed by atoms with Gasteiger partial charge in [0.1, 0.15) is 13.2 Å². The predicted octanol–water partition coefficient (Wildman–Crippen LogP) is 17.9. The zero-order valence-corrected chi connectivity index (χ0v) is 42.7. The number of ether oxygens (including phenoxy) is 3. The summed E-state index contributed by atoms with van der Waals surface area (Å²) >= 11 is 0. The molecule has 0 saturated carbocycles. The van der Waals surface area contributed by atoms with Crippen molar-refractivity contribution < 1.29 is 28.6 Å². The van der Waals surface area contributed by atoms with Crippen molar-refractivity contribution in [3.8, 4) is 0 Å². The van der Waals surface area contributed by atoms with Gasteiger partial charge in [-0.25, -0.2) is 0 Å². The van der Waals surface area contributed by atoms with Crippen molar-refractivity contribution in [3.63, 3.8) is 0 Å². The summed E-state index contributed by atoms with van der Waals surface area (Å²) in [6.45, 7) is 13.7. The van der Waals surface area contributed by atoms with E-state index in [0.717, 1.165) is 75.5 Å². The van der Waals surface area contributed by atoms with E-state index < -0.39 is 6.10 Å². The summed E-state index contributed by atoms with van der Waals surface area (Å²) in [5.74, 6) is 1.65. The minimum absolute atomic E-state index is 0.0648. The van der Waals surface area contributed by atoms with Crippen LogP contribution in [0.25, 0.3) is 0 Å². The lowest BCUT2D eigenvalue weighted by molar-refractivity contribution is -0.167. The maximum Gasteiger partial charge on any atom is 0.306 e. The second kappa shape index (κ2) is 47.4. The third-order valence-electron chi connectivity index (χ3n) is 13.0. The summed E-state index contributed by atoms with van der Waals surface area (Å²) in [5, 5.41) is 0. The third kappa shape index (κ3) is 47.9. The monoisotopic (exact) mass is 877 g/mol. The molecule has 62 heavy (non-hydrogen) atoms. The zero-order valence-electron chi connectivity index (χ0n) is 42.7. The molecule has 0 heterocycles. The van der Waals surface area contributed by atoms with Gasteiger partial charge in [-0.3, -0.25) is 14.4 Å². The van der Waals surface area contributed by atoms with Crippen molar-refractivity contribution in [2.45, 2.75) is 311 Å². The maximum absolute atomic E-state index is 12.8. The molecule has 1 unspecified atom stereocenters. The Kier molecular flexibility index (Phi) is 46.2. The number of hydrogen-bond donors (Lipinski definition) is 0. The van der Waals surface area contributed by atoms with Gasteiger partial charge in [0.15, 0.2) is 6.10 Å². The first-order valence-corrected chi connectivity index (χ1v) is 27.6. The van der Waals surface area contributed by atoms with E-state index in [2.05, 4.69) is 41.5 Å². The van der Waals surface area contributed by atoms with Gasteiger partial charge in [-0.1, -0.05) is 266 Å². The van der Waals surface area contributed by atoms with Crippen molar-refractivity contribution in [2.24, 2.45) is 17.8 Å². The molecule has 0 amide bonds. The molecule has 0 radical (unpaired) electrons. The van der Waals surface area contributed by atoms with Crippen molar-refractivity contribution in [3.05, 3.63) is 0 Å². The van der Waals surface area contributed by atoms with Crippen LogP contribution in [0.4, 0.5) is 0 Å². The van der Waals surface area contributed by atoms with E-state index in [1.165, 1.54) is 186 Å². The van der Waals surface area contributed by atoms with Gasteiger partial charge < -0.3 is 14.2 Å². The number of rotatable bonds is 49. The highest BCUT2D eigenvalue weighted by atomic mass is 16.6. The molecule has 0 fully saturated rings. The van der Waals surface area contributed by atoms with Crippen LogP contribution >= 0.6 is 0 Å². The summed E-state index contributed by atoms with van der Waals surface area (Å²) in [4.78, 5) is 38.0. The predicted molar refractivity (Wildman–Crippen MR) is 266 cm³/mol. The van der Waals surface area contributed by atoms with E-state index in [1.54, 1.807) is 0 Å². The van der Waals surface area contributed by atoms with Crippen LogP contribution in [0.2, 0.25) is 0 Å². The van der Waals surface area contributed by atoms with Crippen LogP contribution in [0.15, 0.2) is 0 Å². The van der Waals surface area contributed by atoms with Gasteiger partial charge in [0, 0.05) is 19.3 Å². The molecule has 0 spiro atoms. The minimum atomic E-state index is -0.763. The highest BCUT2D eigenvalue weighted by molar-refractivity contribution is 5.71. The van der Waals surface area contributed by atoms with Crippen LogP contribution in [-0.2, 0) is 28.6 Å². The molecule has 2 atom stereocenters. The van der Waals surface area contributed by atoms with Crippen LogP contribution in [-0.4, -0.2) is 37.2 Å². The summed E-state index contributed by atoms with van der Waals surface area (Å²) in [5.41, 5.74) is 0. The quantitative estimate of drug-likeness (QED) is 0.0344. The van der Waals surface area contributed by atoms with Crippen molar-refractivity contribution in [1.82, 2.24) is 0 Å². The van der Waals surface area contributed by atoms with Gasteiger partial charge in [0.25, 0.3) is 0 Å². The smallest absolute Gasteiger partial charge is 0.306 e. The highest BCUT2D eigenvalue weighted by Gasteiger charge is 2.19. The molecule has 0 aliphatic carbocycles. The lowest BCUT2D eigenvalue weighted by Gasteiger charge is -2.18. The molecule has 6 nitrogen and oxygen atoms in total. The number of esters is 3. The molecule has 0 saturated heterocycles. The molecule has 0 bridgehead atoms. The van der Waals surface area contributed by atoms with E-state index in [-0.39, 0.29) is 31.1 Å². The first-order chi connectivity index (χ1) is 30.1. The molecule has 368 valence electrons. The van der Waals surface area contributed by atoms with Gasteiger partial charge in [0.05, 0.1) is 0 Å². The van der Waals surface area contributed by atoms with Crippen LogP contribution in [0.3, 0.4) is 0 Å². The van der Waals surface area contributed by atoms with Crippen molar-refractivity contribution in [1.29, 1.82) is 0 Å². The highest BCUT2D eigenvalue weighted by Crippen LogP contribution is 2.18. The first kappa shape index (κ1) is 60.4. The zero-order chi connectivity index (χ0) is 45.6. The van der Waals surface area contributed by atoms with E-state index in [9.17, 15) is 14.4 Å². The minimum Gasteiger partial charge on any atom is -0.462 e. The first-order valence-electron chi connectivity index (χ1n) is 27.6. The number of unbranched alkanes of at least 4 members (excludes halogenated alkanes) is 31. The van der Waals surface area contributed by atoms with Crippen molar-refractivity contribution in [2.75, 3.05) is 13.2 Å². The van der Waals surface area contributed by atoms with Crippen LogP contribution < -0.4 is 0 Å². The SMILES string of the molecule is CCC(C)CCCCCCCCCCC(=O)OC[C@@H](COC(=O)CCCCCCCCCCCCCCCCCCCCC(C)C)OC(=O)CCCCCCCCCCC(C)C. The Hall–Kier alpha value is -1.59.